The fourth-order valence-corrected chi connectivity index (χ4v) is 13.7. The fourth-order valence-electron chi connectivity index (χ4n) is 10.1. The predicted octanol–water partition coefficient (Wildman–Crippen LogP) is 7.67. The predicted molar refractivity (Wildman–Crippen MR) is 162 cm³/mol. The third-order valence-electron chi connectivity index (χ3n) is 12.6. The van der Waals surface area contributed by atoms with Gasteiger partial charge in [-0.3, -0.25) is 4.99 Å². The molecule has 0 heterocycles. The first-order valence-electron chi connectivity index (χ1n) is 15.3. The zero-order valence-electron chi connectivity index (χ0n) is 25.0. The van der Waals surface area contributed by atoms with Gasteiger partial charge in [-0.1, -0.05) is 26.8 Å². The van der Waals surface area contributed by atoms with Crippen LogP contribution in [-0.4, -0.2) is 9.13 Å². The zero-order valence-corrected chi connectivity index (χ0v) is 29.3. The van der Waals surface area contributed by atoms with Gasteiger partial charge in [0, 0.05) is 11.1 Å². The third-order valence-corrected chi connectivity index (χ3v) is 21.2. The maximum atomic E-state index is 5.19. The van der Waals surface area contributed by atoms with E-state index in [9.17, 15) is 0 Å². The number of hydrogen-bond donors (Lipinski definition) is 0. The molecular formula is C33H56I2N-. The van der Waals surface area contributed by atoms with Gasteiger partial charge >= 0.3 is 183 Å². The average molecular weight is 721 g/mol. The molecule has 0 aromatic rings. The van der Waals surface area contributed by atoms with E-state index in [4.69, 9.17) is 4.99 Å². The first-order chi connectivity index (χ1) is 16.8. The van der Waals surface area contributed by atoms with Crippen molar-refractivity contribution in [3.05, 3.63) is 11.8 Å². The molecule has 36 heavy (non-hydrogen) atoms. The largest absolute Gasteiger partial charge is 0.0645 e. The summed E-state index contributed by atoms with van der Waals surface area (Å²) in [5.41, 5.74) is 4.01. The minimum atomic E-state index is 0.173. The summed E-state index contributed by atoms with van der Waals surface area (Å²) in [4.78, 5) is 5.19. The molecule has 0 bridgehead atoms. The minimum Gasteiger partial charge on any atom is -0.0645 e. The van der Waals surface area contributed by atoms with Crippen molar-refractivity contribution in [2.45, 2.75) is 136 Å². The minimum absolute atomic E-state index is 0.173. The Morgan fingerprint density at radius 1 is 1.03 bits per heavy atom. The number of nitrogens with zero attached hydrogens (tertiary/aromatic N) is 1. The summed E-state index contributed by atoms with van der Waals surface area (Å²) in [5, 5.41) is 0. The Bertz CT molecular complexity index is 860. The molecule has 4 saturated carbocycles. The number of hydrogen-bond acceptors (Lipinski definition) is 1. The third kappa shape index (κ3) is 5.30. The van der Waals surface area contributed by atoms with Gasteiger partial charge in [-0.25, -0.2) is 0 Å². The summed E-state index contributed by atoms with van der Waals surface area (Å²) in [6, 6.07) is 0. The molecule has 4 fully saturated rings. The van der Waals surface area contributed by atoms with Gasteiger partial charge in [-0.2, -0.15) is 0 Å². The van der Waals surface area contributed by atoms with E-state index in [0.717, 1.165) is 41.9 Å². The van der Waals surface area contributed by atoms with E-state index in [-0.39, 0.29) is 5.41 Å². The molecule has 4 aliphatic rings. The number of aliphatic imine (C=N–C) groups is 1. The first kappa shape index (κ1) is 29.8. The van der Waals surface area contributed by atoms with Crippen LogP contribution in [0.15, 0.2) is 16.8 Å². The summed E-state index contributed by atoms with van der Waals surface area (Å²) in [7, 11) is 0. The average Bonchev–Trinajstić information content (AvgIpc) is 3.20. The van der Waals surface area contributed by atoms with Crippen molar-refractivity contribution in [3.63, 3.8) is 0 Å². The molecule has 4 rings (SSSR count). The SMILES string of the molecule is C/C=C(\N=C(C)C[C@@H](C)[C@H]1CC[C@H]2[C@@H]3CC[C@@H]4C[C@](C)([I-]I)CC[C@]4(C)[C@H]3CC[C@]12C)C(C)(C)CC. The number of allylic oxidation sites excluding steroid dienone is 2. The van der Waals surface area contributed by atoms with E-state index in [1.165, 1.54) is 62.8 Å². The summed E-state index contributed by atoms with van der Waals surface area (Å²) in [6.07, 6.45) is 18.2. The molecule has 0 aliphatic heterocycles. The normalized spacial score (nSPS) is 44.7. The van der Waals surface area contributed by atoms with E-state index in [2.05, 4.69) is 87.0 Å². The number of fused-ring (bicyclic) bond motifs is 5. The van der Waals surface area contributed by atoms with Gasteiger partial charge < -0.3 is 0 Å². The molecule has 0 aromatic heterocycles. The molecule has 3 heteroatoms. The molecule has 1 nitrogen and oxygen atoms in total. The van der Waals surface area contributed by atoms with E-state index in [0.29, 0.717) is 31.5 Å². The molecule has 0 radical (unpaired) electrons. The summed E-state index contributed by atoms with van der Waals surface area (Å²) in [6.45, 7) is 22.1. The Morgan fingerprint density at radius 3 is 2.36 bits per heavy atom. The summed E-state index contributed by atoms with van der Waals surface area (Å²) >= 11 is 3.11. The van der Waals surface area contributed by atoms with E-state index >= 15 is 0 Å². The van der Waals surface area contributed by atoms with Crippen molar-refractivity contribution in [1.82, 2.24) is 0 Å². The molecule has 208 valence electrons. The second-order valence-electron chi connectivity index (χ2n) is 15.0. The van der Waals surface area contributed by atoms with Gasteiger partial charge in [-0.15, -0.1) is 0 Å². The van der Waals surface area contributed by atoms with Crippen LogP contribution in [0.3, 0.4) is 0 Å². The molecule has 0 N–H and O–H groups in total. The molecule has 9 atom stereocenters. The van der Waals surface area contributed by atoms with Gasteiger partial charge in [0.2, 0.25) is 0 Å². The summed E-state index contributed by atoms with van der Waals surface area (Å²) in [5.74, 6) is 5.64. The van der Waals surface area contributed by atoms with Gasteiger partial charge in [0.25, 0.3) is 0 Å². The number of rotatable bonds is 7. The zero-order chi connectivity index (χ0) is 26.5. The molecule has 4 aliphatic carbocycles. The van der Waals surface area contributed by atoms with Crippen molar-refractivity contribution < 1.29 is 17.2 Å². The van der Waals surface area contributed by atoms with Crippen LogP contribution in [0, 0.1) is 51.8 Å². The Morgan fingerprint density at radius 2 is 1.72 bits per heavy atom. The van der Waals surface area contributed by atoms with Crippen LogP contribution in [0.25, 0.3) is 0 Å². The quantitative estimate of drug-likeness (QED) is 0.146. The maximum absolute atomic E-state index is 5.19. The van der Waals surface area contributed by atoms with E-state index in [1.807, 2.05) is 0 Å². The molecule has 0 spiro atoms. The van der Waals surface area contributed by atoms with Crippen LogP contribution < -0.4 is 17.2 Å². The van der Waals surface area contributed by atoms with E-state index < -0.39 is 0 Å². The first-order valence-corrected chi connectivity index (χ1v) is 22.7. The van der Waals surface area contributed by atoms with Gasteiger partial charge in [0.15, 0.2) is 0 Å². The van der Waals surface area contributed by atoms with Crippen molar-refractivity contribution in [1.29, 1.82) is 0 Å². The molecule has 0 saturated heterocycles. The fraction of sp³-hybridized carbons (Fsp3) is 0.909. The molecular weight excluding hydrogens is 664 g/mol. The molecule has 0 aromatic carbocycles. The van der Waals surface area contributed by atoms with E-state index in [1.54, 1.807) is 12.8 Å². The van der Waals surface area contributed by atoms with Crippen LogP contribution in [0.5, 0.6) is 0 Å². The van der Waals surface area contributed by atoms with Gasteiger partial charge in [0.1, 0.15) is 0 Å². The van der Waals surface area contributed by atoms with Gasteiger partial charge in [0.05, 0.1) is 0 Å². The summed E-state index contributed by atoms with van der Waals surface area (Å²) < 4.78 is 0.714. The van der Waals surface area contributed by atoms with Crippen LogP contribution in [0.4, 0.5) is 0 Å². The Hall–Kier alpha value is 0.870. The van der Waals surface area contributed by atoms with Gasteiger partial charge in [-0.05, 0) is 20.3 Å². The Labute approximate surface area is 244 Å². The van der Waals surface area contributed by atoms with Crippen LogP contribution in [0.1, 0.15) is 133 Å². The Kier molecular flexibility index (Phi) is 9.15. The van der Waals surface area contributed by atoms with Crippen molar-refractivity contribution in [3.8, 4) is 0 Å². The van der Waals surface area contributed by atoms with Crippen LogP contribution in [-0.2, 0) is 0 Å². The molecule has 0 unspecified atom stereocenters. The second-order valence-corrected chi connectivity index (χ2v) is 20.8. The topological polar surface area (TPSA) is 12.4 Å². The Balaban J connectivity index is 1.47. The maximum Gasteiger partial charge on any atom is 0.00637 e. The van der Waals surface area contributed by atoms with Crippen LogP contribution >= 0.6 is 18.6 Å². The van der Waals surface area contributed by atoms with Crippen molar-refractivity contribution in [2.75, 3.05) is 0 Å². The number of alkyl halides is 1. The van der Waals surface area contributed by atoms with Crippen molar-refractivity contribution in [2.24, 2.45) is 56.7 Å². The monoisotopic (exact) mass is 720 g/mol. The van der Waals surface area contributed by atoms with Crippen molar-refractivity contribution >= 4 is 24.3 Å². The standard InChI is InChI=1S/C33H56I2N/c1-10-29(30(5,6)11-2)36-23(4)20-22(3)26-14-15-27-25-13-12-24-21-31(7,35-34)18-19-32(24,8)28(25)16-17-33(26,27)9/h10,22,24-28H,11-21H2,1-9H3/q-1/b29-10-,36-23?/t22-,24-,25+,26-,27+,28+,31-,32+,33-/m1/s1. The second kappa shape index (κ2) is 11.0. The smallest absolute Gasteiger partial charge is 0.00637 e. The molecule has 0 amide bonds. The number of halogens is 2. The van der Waals surface area contributed by atoms with Crippen LogP contribution in [0.2, 0.25) is 0 Å².